The van der Waals surface area contributed by atoms with Gasteiger partial charge in [0.15, 0.2) is 0 Å². The van der Waals surface area contributed by atoms with Crippen LogP contribution in [0.4, 0.5) is 0 Å². The van der Waals surface area contributed by atoms with Crippen molar-refractivity contribution in [2.75, 3.05) is 0 Å². The van der Waals surface area contributed by atoms with Crippen LogP contribution in [0.1, 0.15) is 5.56 Å². The SMILES string of the molecule is N#Cc1cccc(-c2cc(-c3ccccc3)c3c([AsH2])ncnc3n2)c1. The Morgan fingerprint density at radius 2 is 1.68 bits per heavy atom. The molecule has 0 N–H and O–H groups in total. The molecule has 0 saturated carbocycles. The van der Waals surface area contributed by atoms with Gasteiger partial charge in [-0.2, -0.15) is 0 Å². The molecule has 4 aromatic rings. The van der Waals surface area contributed by atoms with Gasteiger partial charge < -0.3 is 0 Å². The number of pyridine rings is 1. The second-order valence-electron chi connectivity index (χ2n) is 5.57. The van der Waals surface area contributed by atoms with E-state index in [1.807, 2.05) is 36.4 Å². The molecule has 2 aromatic carbocycles. The van der Waals surface area contributed by atoms with Crippen LogP contribution in [-0.4, -0.2) is 31.8 Å². The van der Waals surface area contributed by atoms with Crippen LogP contribution < -0.4 is 4.48 Å². The molecule has 118 valence electrons. The van der Waals surface area contributed by atoms with Crippen LogP contribution in [0, 0.1) is 11.3 Å². The van der Waals surface area contributed by atoms with E-state index in [4.69, 9.17) is 10.2 Å². The van der Waals surface area contributed by atoms with Gasteiger partial charge >= 0.3 is 154 Å². The summed E-state index contributed by atoms with van der Waals surface area (Å²) in [5, 5.41) is 10.1. The van der Waals surface area contributed by atoms with E-state index in [0.29, 0.717) is 11.2 Å². The fraction of sp³-hybridized carbons (Fsp3) is 0. The van der Waals surface area contributed by atoms with Gasteiger partial charge in [0, 0.05) is 0 Å². The molecular weight excluding hydrogens is 371 g/mol. The van der Waals surface area contributed by atoms with Gasteiger partial charge in [-0.3, -0.25) is 0 Å². The first-order valence-electron chi connectivity index (χ1n) is 7.73. The number of hydrogen-bond donors (Lipinski definition) is 0. The number of nitrogens with zero attached hydrogens (tertiary/aromatic N) is 4. The van der Waals surface area contributed by atoms with Crippen molar-refractivity contribution in [1.29, 1.82) is 5.26 Å². The molecule has 4 rings (SSSR count). The van der Waals surface area contributed by atoms with E-state index in [9.17, 15) is 0 Å². The quantitative estimate of drug-likeness (QED) is 0.498. The fourth-order valence-corrected chi connectivity index (χ4v) is 3.57. The van der Waals surface area contributed by atoms with Gasteiger partial charge in [0.05, 0.1) is 0 Å². The number of nitriles is 1. The number of fused-ring (bicyclic) bond motifs is 1. The van der Waals surface area contributed by atoms with Crippen molar-refractivity contribution >= 4 is 32.4 Å². The van der Waals surface area contributed by atoms with Gasteiger partial charge in [0.1, 0.15) is 0 Å². The zero-order valence-electron chi connectivity index (χ0n) is 13.2. The Morgan fingerprint density at radius 3 is 2.48 bits per heavy atom. The van der Waals surface area contributed by atoms with Crippen molar-refractivity contribution < 1.29 is 0 Å². The molecule has 25 heavy (non-hydrogen) atoms. The minimum atomic E-state index is 0.614. The van der Waals surface area contributed by atoms with E-state index < -0.39 is 0 Å². The molecule has 0 aliphatic rings. The maximum absolute atomic E-state index is 9.16. The third-order valence-electron chi connectivity index (χ3n) is 4.01. The summed E-state index contributed by atoms with van der Waals surface area (Å²) in [6.45, 7) is 0. The van der Waals surface area contributed by atoms with Crippen LogP contribution in [0.25, 0.3) is 33.4 Å². The zero-order chi connectivity index (χ0) is 17.2. The molecule has 0 saturated heterocycles. The van der Waals surface area contributed by atoms with E-state index in [1.165, 1.54) is 16.9 Å². The van der Waals surface area contributed by atoms with E-state index in [1.54, 1.807) is 12.4 Å². The van der Waals surface area contributed by atoms with Crippen LogP contribution in [0.2, 0.25) is 0 Å². The summed E-state index contributed by atoms with van der Waals surface area (Å²) >= 11 is 1.45. The monoisotopic (exact) mass is 384 g/mol. The zero-order valence-corrected chi connectivity index (χ0v) is 15.6. The number of hydrogen-bond acceptors (Lipinski definition) is 4. The van der Waals surface area contributed by atoms with Crippen molar-refractivity contribution in [3.8, 4) is 28.5 Å². The van der Waals surface area contributed by atoms with E-state index in [2.05, 4.69) is 34.2 Å². The second kappa shape index (κ2) is 6.47. The molecule has 0 bridgehead atoms. The fourth-order valence-electron chi connectivity index (χ4n) is 2.83. The number of benzene rings is 2. The molecule has 1 atom stereocenters. The minimum absolute atomic E-state index is 0.614. The molecule has 0 aliphatic heterocycles. The first-order chi connectivity index (χ1) is 12.3. The summed E-state index contributed by atoms with van der Waals surface area (Å²) in [5.41, 5.74) is 5.15. The van der Waals surface area contributed by atoms with Crippen molar-refractivity contribution in [3.05, 3.63) is 72.6 Å². The van der Waals surface area contributed by atoms with Crippen molar-refractivity contribution in [2.45, 2.75) is 0 Å². The first kappa shape index (κ1) is 15.5. The molecule has 4 nitrogen and oxygen atoms in total. The molecule has 0 spiro atoms. The number of aromatic nitrogens is 3. The molecule has 2 heterocycles. The molecule has 0 aliphatic carbocycles. The molecule has 2 aromatic heterocycles. The van der Waals surface area contributed by atoms with Crippen LogP contribution in [-0.2, 0) is 0 Å². The second-order valence-corrected chi connectivity index (χ2v) is 6.72. The summed E-state index contributed by atoms with van der Waals surface area (Å²) in [7, 11) is 0. The van der Waals surface area contributed by atoms with E-state index >= 15 is 0 Å². The Balaban J connectivity index is 2.04. The first-order valence-corrected chi connectivity index (χ1v) is 8.94. The summed E-state index contributed by atoms with van der Waals surface area (Å²) in [6, 6.07) is 21.9. The van der Waals surface area contributed by atoms with Crippen LogP contribution in [0.5, 0.6) is 0 Å². The van der Waals surface area contributed by atoms with E-state index in [0.717, 1.165) is 32.3 Å². The van der Waals surface area contributed by atoms with Crippen molar-refractivity contribution in [2.24, 2.45) is 0 Å². The molecule has 5 heteroatoms. The Bertz CT molecular complexity index is 1120. The van der Waals surface area contributed by atoms with Crippen molar-refractivity contribution in [1.82, 2.24) is 15.0 Å². The predicted molar refractivity (Wildman–Crippen MR) is 101 cm³/mol. The molecule has 1 unspecified atom stereocenters. The number of rotatable bonds is 2. The van der Waals surface area contributed by atoms with Gasteiger partial charge in [0.2, 0.25) is 0 Å². The van der Waals surface area contributed by atoms with Gasteiger partial charge in [-0.25, -0.2) is 0 Å². The summed E-state index contributed by atoms with van der Waals surface area (Å²) < 4.78 is 0.959. The average Bonchev–Trinajstić information content (AvgIpc) is 2.68. The predicted octanol–water partition coefficient (Wildman–Crippen LogP) is 2.49. The Hall–Kier alpha value is -3.02. The summed E-state index contributed by atoms with van der Waals surface area (Å²) in [5.74, 6) is 0. The molecular formula is C20H13AsN4. The third kappa shape index (κ3) is 2.91. The Kier molecular flexibility index (Phi) is 4.01. The molecule has 0 radical (unpaired) electrons. The Labute approximate surface area is 153 Å². The van der Waals surface area contributed by atoms with Crippen LogP contribution in [0.3, 0.4) is 0 Å². The standard InChI is InChI=1S/C20H13AsN4/c21-19-18-16(14-6-2-1-3-7-14)10-17(25-20(18)24-12-23-19)15-8-4-5-13(9-15)11-22/h1-10,12H,21H2. The van der Waals surface area contributed by atoms with Gasteiger partial charge in [-0.1, -0.05) is 0 Å². The molecule has 0 fully saturated rings. The van der Waals surface area contributed by atoms with Crippen LogP contribution >= 0.6 is 0 Å². The topological polar surface area (TPSA) is 62.5 Å². The maximum atomic E-state index is 9.16. The average molecular weight is 384 g/mol. The van der Waals surface area contributed by atoms with Crippen molar-refractivity contribution in [3.63, 3.8) is 0 Å². The summed E-state index contributed by atoms with van der Waals surface area (Å²) in [4.78, 5) is 13.5. The van der Waals surface area contributed by atoms with Crippen LogP contribution in [0.15, 0.2) is 67.0 Å². The van der Waals surface area contributed by atoms with E-state index in [-0.39, 0.29) is 0 Å². The van der Waals surface area contributed by atoms with Gasteiger partial charge in [-0.05, 0) is 0 Å². The summed E-state index contributed by atoms with van der Waals surface area (Å²) in [6.07, 6.45) is 1.55. The van der Waals surface area contributed by atoms with Gasteiger partial charge in [0.25, 0.3) is 0 Å². The Morgan fingerprint density at radius 1 is 0.880 bits per heavy atom. The van der Waals surface area contributed by atoms with Gasteiger partial charge in [-0.15, -0.1) is 0 Å². The normalized spacial score (nSPS) is 10.6. The third-order valence-corrected chi connectivity index (χ3v) is 4.92. The molecule has 0 amide bonds.